The Morgan fingerprint density at radius 3 is 2.10 bits per heavy atom. The second kappa shape index (κ2) is 7.49. The van der Waals surface area contributed by atoms with Crippen molar-refractivity contribution in [3.8, 4) is 17.2 Å². The summed E-state index contributed by atoms with van der Waals surface area (Å²) in [7, 11) is 4.60. The van der Waals surface area contributed by atoms with E-state index in [-0.39, 0.29) is 5.91 Å². The van der Waals surface area contributed by atoms with Crippen LogP contribution in [0.3, 0.4) is 0 Å². The topological polar surface area (TPSA) is 56.8 Å². The molecule has 1 aromatic carbocycles. The molecule has 1 amide bonds. The van der Waals surface area contributed by atoms with Gasteiger partial charge in [-0.1, -0.05) is 12.2 Å². The first-order valence-corrected chi connectivity index (χ1v) is 6.22. The van der Waals surface area contributed by atoms with Crippen LogP contribution in [0.15, 0.2) is 18.2 Å². The standard InChI is InChI=1S/C14H17NO4S/c1-9(20)15-13(16)6-5-10-7-11(17-2)14(19-4)12(8-10)18-3/h5-8H,1-4H3,(H,15,16,20)/b6-5+. The van der Waals surface area contributed by atoms with Crippen LogP contribution in [-0.4, -0.2) is 32.2 Å². The van der Waals surface area contributed by atoms with Crippen molar-refractivity contribution in [2.45, 2.75) is 6.92 Å². The molecule has 0 bridgehead atoms. The molecular weight excluding hydrogens is 278 g/mol. The first-order chi connectivity index (χ1) is 9.51. The highest BCUT2D eigenvalue weighted by Gasteiger charge is 2.12. The van der Waals surface area contributed by atoms with Gasteiger partial charge in [0, 0.05) is 6.08 Å². The number of amides is 1. The highest BCUT2D eigenvalue weighted by Crippen LogP contribution is 2.38. The van der Waals surface area contributed by atoms with Crippen molar-refractivity contribution in [3.63, 3.8) is 0 Å². The van der Waals surface area contributed by atoms with Gasteiger partial charge < -0.3 is 19.5 Å². The maximum Gasteiger partial charge on any atom is 0.248 e. The quantitative estimate of drug-likeness (QED) is 0.666. The van der Waals surface area contributed by atoms with Crippen LogP contribution >= 0.6 is 12.2 Å². The maximum absolute atomic E-state index is 11.5. The molecule has 0 aliphatic rings. The number of thiocarbonyl (C=S) groups is 1. The van der Waals surface area contributed by atoms with E-state index in [1.165, 1.54) is 27.4 Å². The van der Waals surface area contributed by atoms with E-state index in [1.807, 2.05) is 0 Å². The third-order valence-corrected chi connectivity index (χ3v) is 2.52. The Morgan fingerprint density at radius 1 is 1.15 bits per heavy atom. The first-order valence-electron chi connectivity index (χ1n) is 5.81. The largest absolute Gasteiger partial charge is 0.493 e. The third kappa shape index (κ3) is 4.24. The van der Waals surface area contributed by atoms with Gasteiger partial charge in [0.2, 0.25) is 11.7 Å². The number of benzene rings is 1. The summed E-state index contributed by atoms with van der Waals surface area (Å²) in [5, 5.41) is 2.51. The number of carbonyl (C=O) groups is 1. The maximum atomic E-state index is 11.5. The van der Waals surface area contributed by atoms with E-state index in [9.17, 15) is 4.79 Å². The minimum Gasteiger partial charge on any atom is -0.493 e. The summed E-state index contributed by atoms with van der Waals surface area (Å²) in [6.45, 7) is 1.64. The third-order valence-electron chi connectivity index (χ3n) is 2.41. The molecule has 0 aliphatic carbocycles. The van der Waals surface area contributed by atoms with Gasteiger partial charge in [-0.3, -0.25) is 4.79 Å². The van der Waals surface area contributed by atoms with Crippen molar-refractivity contribution in [2.75, 3.05) is 21.3 Å². The Bertz CT molecular complexity index is 515. The zero-order valence-electron chi connectivity index (χ0n) is 11.9. The van der Waals surface area contributed by atoms with Gasteiger partial charge >= 0.3 is 0 Å². The van der Waals surface area contributed by atoms with Crippen LogP contribution in [0, 0.1) is 0 Å². The first kappa shape index (κ1) is 16.0. The van der Waals surface area contributed by atoms with Crippen LogP contribution in [0.2, 0.25) is 0 Å². The van der Waals surface area contributed by atoms with Crippen LogP contribution in [-0.2, 0) is 4.79 Å². The molecule has 0 unspecified atom stereocenters. The molecule has 1 N–H and O–H groups in total. The molecule has 0 atom stereocenters. The number of rotatable bonds is 5. The Morgan fingerprint density at radius 2 is 1.70 bits per heavy atom. The lowest BCUT2D eigenvalue weighted by Crippen LogP contribution is -2.24. The summed E-state index contributed by atoms with van der Waals surface area (Å²) in [6.07, 6.45) is 3.02. The lowest BCUT2D eigenvalue weighted by molar-refractivity contribution is -0.115. The lowest BCUT2D eigenvalue weighted by Gasteiger charge is -2.12. The molecule has 0 saturated carbocycles. The van der Waals surface area contributed by atoms with E-state index < -0.39 is 0 Å². The van der Waals surface area contributed by atoms with Gasteiger partial charge in [-0.25, -0.2) is 0 Å². The average molecular weight is 295 g/mol. The highest BCUT2D eigenvalue weighted by atomic mass is 32.1. The van der Waals surface area contributed by atoms with Gasteiger partial charge in [0.25, 0.3) is 0 Å². The van der Waals surface area contributed by atoms with Crippen LogP contribution in [0.1, 0.15) is 12.5 Å². The fourth-order valence-corrected chi connectivity index (χ4v) is 1.69. The van der Waals surface area contributed by atoms with Gasteiger partial charge in [0.1, 0.15) is 0 Å². The van der Waals surface area contributed by atoms with Gasteiger partial charge in [-0.05, 0) is 30.7 Å². The number of hydrogen-bond donors (Lipinski definition) is 1. The molecule has 0 spiro atoms. The normalized spacial score (nSPS) is 10.2. The number of ether oxygens (including phenoxy) is 3. The zero-order chi connectivity index (χ0) is 15.1. The SMILES string of the molecule is COc1cc(/C=C/C(=O)NC(C)=S)cc(OC)c1OC. The Kier molecular flexibility index (Phi) is 5.99. The molecule has 0 radical (unpaired) electrons. The molecule has 108 valence electrons. The Balaban J connectivity index is 3.04. The molecule has 1 aromatic rings. The summed E-state index contributed by atoms with van der Waals surface area (Å²) in [6, 6.07) is 3.49. The van der Waals surface area contributed by atoms with Crippen molar-refractivity contribution in [2.24, 2.45) is 0 Å². The van der Waals surface area contributed by atoms with E-state index in [0.717, 1.165) is 5.56 Å². The molecule has 20 heavy (non-hydrogen) atoms. The smallest absolute Gasteiger partial charge is 0.248 e. The molecule has 1 rings (SSSR count). The summed E-state index contributed by atoms with van der Waals surface area (Å²) >= 11 is 4.79. The number of carbonyl (C=O) groups excluding carboxylic acids is 1. The van der Waals surface area contributed by atoms with Crippen LogP contribution in [0.4, 0.5) is 0 Å². The monoisotopic (exact) mass is 295 g/mol. The van der Waals surface area contributed by atoms with Crippen LogP contribution in [0.25, 0.3) is 6.08 Å². The summed E-state index contributed by atoms with van der Waals surface area (Å²) in [5.74, 6) is 1.27. The van der Waals surface area contributed by atoms with Crippen molar-refractivity contribution < 1.29 is 19.0 Å². The molecule has 0 heterocycles. The predicted molar refractivity (Wildman–Crippen MR) is 81.5 cm³/mol. The fourth-order valence-electron chi connectivity index (χ4n) is 1.58. The second-order valence-electron chi connectivity index (χ2n) is 3.84. The molecule has 0 saturated heterocycles. The van der Waals surface area contributed by atoms with Crippen LogP contribution in [0.5, 0.6) is 17.2 Å². The van der Waals surface area contributed by atoms with E-state index in [0.29, 0.717) is 22.2 Å². The van der Waals surface area contributed by atoms with Gasteiger partial charge in [-0.15, -0.1) is 0 Å². The van der Waals surface area contributed by atoms with Crippen molar-refractivity contribution >= 4 is 29.2 Å². The number of nitrogens with one attached hydrogen (secondary N) is 1. The van der Waals surface area contributed by atoms with E-state index in [1.54, 1.807) is 25.1 Å². The average Bonchev–Trinajstić information content (AvgIpc) is 2.42. The van der Waals surface area contributed by atoms with E-state index in [2.05, 4.69) is 5.32 Å². The number of methoxy groups -OCH3 is 3. The molecule has 0 fully saturated rings. The van der Waals surface area contributed by atoms with Gasteiger partial charge in [-0.2, -0.15) is 0 Å². The van der Waals surface area contributed by atoms with Gasteiger partial charge in [0.05, 0.1) is 26.3 Å². The molecule has 0 aromatic heterocycles. The molecule has 0 aliphatic heterocycles. The summed E-state index contributed by atoms with van der Waals surface area (Å²) in [4.78, 5) is 11.9. The molecule has 5 nitrogen and oxygen atoms in total. The zero-order valence-corrected chi connectivity index (χ0v) is 12.7. The lowest BCUT2D eigenvalue weighted by atomic mass is 10.1. The minimum atomic E-state index is -0.286. The minimum absolute atomic E-state index is 0.286. The molecule has 6 heteroatoms. The van der Waals surface area contributed by atoms with Gasteiger partial charge in [0.15, 0.2) is 11.5 Å². The summed E-state index contributed by atoms with van der Waals surface area (Å²) in [5.41, 5.74) is 0.747. The Hall–Kier alpha value is -2.08. The fraction of sp³-hybridized carbons (Fsp3) is 0.286. The van der Waals surface area contributed by atoms with Crippen molar-refractivity contribution in [3.05, 3.63) is 23.8 Å². The second-order valence-corrected chi connectivity index (χ2v) is 4.45. The Labute approximate surface area is 123 Å². The highest BCUT2D eigenvalue weighted by molar-refractivity contribution is 7.80. The van der Waals surface area contributed by atoms with Crippen molar-refractivity contribution in [1.82, 2.24) is 5.32 Å². The molecular formula is C14H17NO4S. The van der Waals surface area contributed by atoms with E-state index >= 15 is 0 Å². The van der Waals surface area contributed by atoms with Crippen LogP contribution < -0.4 is 19.5 Å². The predicted octanol–water partition coefficient (Wildman–Crippen LogP) is 2.19. The summed E-state index contributed by atoms with van der Waals surface area (Å²) < 4.78 is 15.7. The van der Waals surface area contributed by atoms with E-state index in [4.69, 9.17) is 26.4 Å². The van der Waals surface area contributed by atoms with Crippen molar-refractivity contribution in [1.29, 1.82) is 0 Å². The number of hydrogen-bond acceptors (Lipinski definition) is 5.